The first kappa shape index (κ1) is 14.1. The van der Waals surface area contributed by atoms with Crippen molar-refractivity contribution in [2.24, 2.45) is 0 Å². The van der Waals surface area contributed by atoms with Crippen molar-refractivity contribution in [1.82, 2.24) is 0 Å². The number of carbonyl (C=O) groups is 1. The van der Waals surface area contributed by atoms with E-state index in [9.17, 15) is 4.79 Å². The fraction of sp³-hybridized carbons (Fsp3) is 0.500. The molecule has 0 spiro atoms. The van der Waals surface area contributed by atoms with Gasteiger partial charge in [0, 0.05) is 5.75 Å². The maximum absolute atomic E-state index is 11.6. The van der Waals surface area contributed by atoms with Gasteiger partial charge in [-0.15, -0.1) is 11.8 Å². The normalized spacial score (nSPS) is 12.2. The second-order valence-corrected chi connectivity index (χ2v) is 5.08. The molecular weight excluding hydrogens is 232 g/mol. The number of rotatable bonds is 6. The van der Waals surface area contributed by atoms with Gasteiger partial charge in [0.25, 0.3) is 0 Å². The van der Waals surface area contributed by atoms with Gasteiger partial charge in [0.1, 0.15) is 5.25 Å². The van der Waals surface area contributed by atoms with Gasteiger partial charge in [-0.3, -0.25) is 4.79 Å². The number of esters is 1. The molecule has 0 aliphatic carbocycles. The zero-order valence-electron chi connectivity index (χ0n) is 10.7. The molecule has 17 heavy (non-hydrogen) atoms. The zero-order chi connectivity index (χ0) is 12.7. The van der Waals surface area contributed by atoms with Crippen molar-refractivity contribution < 1.29 is 9.53 Å². The summed E-state index contributed by atoms with van der Waals surface area (Å²) in [5, 5.41) is -0.0467. The van der Waals surface area contributed by atoms with Crippen LogP contribution >= 0.6 is 11.8 Å². The summed E-state index contributed by atoms with van der Waals surface area (Å²) in [5.74, 6) is 0.776. The summed E-state index contributed by atoms with van der Waals surface area (Å²) in [4.78, 5) is 11.6. The van der Waals surface area contributed by atoms with E-state index >= 15 is 0 Å². The number of hydrogen-bond acceptors (Lipinski definition) is 3. The topological polar surface area (TPSA) is 26.3 Å². The van der Waals surface area contributed by atoms with Crippen LogP contribution in [0.4, 0.5) is 0 Å². The van der Waals surface area contributed by atoms with Crippen molar-refractivity contribution in [2.75, 3.05) is 6.61 Å². The zero-order valence-corrected chi connectivity index (χ0v) is 11.5. The minimum atomic E-state index is -0.0893. The molecule has 2 nitrogen and oxygen atoms in total. The van der Waals surface area contributed by atoms with Crippen LogP contribution in [0.3, 0.4) is 0 Å². The monoisotopic (exact) mass is 252 g/mol. The molecular formula is C14H20O2S. The third-order valence-electron chi connectivity index (χ3n) is 2.62. The van der Waals surface area contributed by atoms with Crippen LogP contribution in [0, 0.1) is 6.92 Å². The summed E-state index contributed by atoms with van der Waals surface area (Å²) in [5.41, 5.74) is 2.57. The molecule has 0 saturated carbocycles. The van der Waals surface area contributed by atoms with Gasteiger partial charge in [-0.1, -0.05) is 31.2 Å². The summed E-state index contributed by atoms with van der Waals surface area (Å²) >= 11 is 1.66. The van der Waals surface area contributed by atoms with E-state index in [0.717, 1.165) is 12.2 Å². The van der Waals surface area contributed by atoms with Crippen molar-refractivity contribution in [2.45, 2.75) is 38.2 Å². The fourth-order valence-corrected chi connectivity index (χ4v) is 2.69. The van der Waals surface area contributed by atoms with Gasteiger partial charge >= 0.3 is 5.97 Å². The van der Waals surface area contributed by atoms with Gasteiger partial charge in [0.2, 0.25) is 0 Å². The van der Waals surface area contributed by atoms with Gasteiger partial charge in [-0.2, -0.15) is 0 Å². The van der Waals surface area contributed by atoms with Crippen LogP contribution in [0.15, 0.2) is 24.3 Å². The van der Waals surface area contributed by atoms with Crippen LogP contribution in [0.1, 0.15) is 31.4 Å². The van der Waals surface area contributed by atoms with Crippen LogP contribution in [0.2, 0.25) is 0 Å². The third kappa shape index (κ3) is 4.43. The van der Waals surface area contributed by atoms with Crippen LogP contribution in [0.25, 0.3) is 0 Å². The Labute approximate surface area is 108 Å². The first-order chi connectivity index (χ1) is 8.19. The van der Waals surface area contributed by atoms with Crippen LogP contribution in [-0.4, -0.2) is 17.8 Å². The molecule has 0 aliphatic rings. The Bertz CT molecular complexity index is 363. The molecule has 0 radical (unpaired) electrons. The maximum Gasteiger partial charge on any atom is 0.319 e. The van der Waals surface area contributed by atoms with Crippen molar-refractivity contribution in [3.63, 3.8) is 0 Å². The number of carbonyl (C=O) groups excluding carboxylic acids is 1. The highest BCUT2D eigenvalue weighted by Crippen LogP contribution is 2.23. The highest BCUT2D eigenvalue weighted by Gasteiger charge is 2.18. The number of thioether (sulfide) groups is 1. The van der Waals surface area contributed by atoms with Crippen LogP contribution < -0.4 is 0 Å². The number of hydrogen-bond donors (Lipinski definition) is 0. The molecule has 1 aromatic carbocycles. The second kappa shape index (κ2) is 7.38. The van der Waals surface area contributed by atoms with E-state index in [1.54, 1.807) is 11.8 Å². The summed E-state index contributed by atoms with van der Waals surface area (Å²) in [6.45, 7) is 6.42. The van der Waals surface area contributed by atoms with Gasteiger partial charge < -0.3 is 4.74 Å². The smallest absolute Gasteiger partial charge is 0.319 e. The van der Waals surface area contributed by atoms with E-state index in [2.05, 4.69) is 19.1 Å². The highest BCUT2D eigenvalue weighted by atomic mass is 32.2. The van der Waals surface area contributed by atoms with Crippen LogP contribution in [0.5, 0.6) is 0 Å². The molecule has 0 N–H and O–H groups in total. The maximum atomic E-state index is 11.6. The van der Waals surface area contributed by atoms with Gasteiger partial charge in [-0.05, 0) is 31.4 Å². The second-order valence-electron chi connectivity index (χ2n) is 3.89. The molecule has 0 fully saturated rings. The average Bonchev–Trinajstić information content (AvgIpc) is 2.32. The molecule has 0 amide bonds. The number of aryl methyl sites for hydroxylation is 1. The molecule has 1 atom stereocenters. The third-order valence-corrected chi connectivity index (χ3v) is 4.03. The Balaban J connectivity index is 2.53. The Morgan fingerprint density at radius 2 is 2.06 bits per heavy atom. The Hall–Kier alpha value is -0.960. The Morgan fingerprint density at radius 1 is 1.35 bits per heavy atom. The lowest BCUT2D eigenvalue weighted by molar-refractivity contribution is -0.142. The van der Waals surface area contributed by atoms with E-state index in [1.807, 2.05) is 26.0 Å². The minimum Gasteiger partial charge on any atom is -0.465 e. The van der Waals surface area contributed by atoms with Crippen molar-refractivity contribution in [3.05, 3.63) is 35.4 Å². The molecule has 0 heterocycles. The summed E-state index contributed by atoms with van der Waals surface area (Å²) in [6, 6.07) is 8.28. The minimum absolute atomic E-state index is 0.0467. The first-order valence-electron chi connectivity index (χ1n) is 6.01. The molecule has 0 bridgehead atoms. The molecule has 0 aromatic heterocycles. The number of ether oxygens (including phenoxy) is 1. The van der Waals surface area contributed by atoms with E-state index in [4.69, 9.17) is 4.74 Å². The summed E-state index contributed by atoms with van der Waals surface area (Å²) in [7, 11) is 0. The molecule has 94 valence electrons. The quantitative estimate of drug-likeness (QED) is 0.724. The standard InChI is InChI=1S/C14H20O2S/c1-4-13(14(15)16-5-2)17-10-12-9-7-6-8-11(12)3/h6-9,13H,4-5,10H2,1-3H3. The molecule has 1 unspecified atom stereocenters. The van der Waals surface area contributed by atoms with Gasteiger partial charge in [0.15, 0.2) is 0 Å². The fourth-order valence-electron chi connectivity index (χ4n) is 1.55. The van der Waals surface area contributed by atoms with Gasteiger partial charge in [0.05, 0.1) is 6.61 Å². The molecule has 3 heteroatoms. The summed E-state index contributed by atoms with van der Waals surface area (Å²) in [6.07, 6.45) is 0.815. The van der Waals surface area contributed by atoms with Gasteiger partial charge in [-0.25, -0.2) is 0 Å². The Morgan fingerprint density at radius 3 is 2.65 bits per heavy atom. The molecule has 0 aliphatic heterocycles. The lowest BCUT2D eigenvalue weighted by Gasteiger charge is -2.13. The molecule has 1 rings (SSSR count). The van der Waals surface area contributed by atoms with Crippen molar-refractivity contribution >= 4 is 17.7 Å². The van der Waals surface area contributed by atoms with E-state index in [1.165, 1.54) is 11.1 Å². The summed E-state index contributed by atoms with van der Waals surface area (Å²) < 4.78 is 5.05. The molecule has 1 aromatic rings. The van der Waals surface area contributed by atoms with E-state index in [-0.39, 0.29) is 11.2 Å². The predicted molar refractivity (Wildman–Crippen MR) is 73.2 cm³/mol. The number of benzene rings is 1. The largest absolute Gasteiger partial charge is 0.465 e. The lowest BCUT2D eigenvalue weighted by Crippen LogP contribution is -2.19. The Kier molecular flexibility index (Phi) is 6.12. The highest BCUT2D eigenvalue weighted by molar-refractivity contribution is 7.99. The van der Waals surface area contributed by atoms with Crippen molar-refractivity contribution in [3.8, 4) is 0 Å². The van der Waals surface area contributed by atoms with E-state index in [0.29, 0.717) is 6.61 Å². The van der Waals surface area contributed by atoms with Crippen LogP contribution in [-0.2, 0) is 15.3 Å². The average molecular weight is 252 g/mol. The predicted octanol–water partition coefficient (Wildman–Crippen LogP) is 3.57. The van der Waals surface area contributed by atoms with E-state index < -0.39 is 0 Å². The first-order valence-corrected chi connectivity index (χ1v) is 7.06. The SMILES string of the molecule is CCOC(=O)C(CC)SCc1ccccc1C. The lowest BCUT2D eigenvalue weighted by atomic mass is 10.1. The molecule has 0 saturated heterocycles. The van der Waals surface area contributed by atoms with Crippen molar-refractivity contribution in [1.29, 1.82) is 0 Å².